The number of esters is 1. The molecule has 1 heterocycles. The molecule has 0 aromatic heterocycles. The van der Waals surface area contributed by atoms with Gasteiger partial charge in [0.2, 0.25) is 0 Å². The van der Waals surface area contributed by atoms with Crippen molar-refractivity contribution in [2.24, 2.45) is 0 Å². The average Bonchev–Trinajstić information content (AvgIpc) is 3.01. The molecule has 3 rings (SSSR count). The van der Waals surface area contributed by atoms with E-state index in [0.717, 1.165) is 11.1 Å². The van der Waals surface area contributed by atoms with Crippen molar-refractivity contribution in [3.63, 3.8) is 0 Å². The number of carbonyl (C=O) groups excluding carboxylic acids is 2. The molecule has 1 atom stereocenters. The number of nitrogens with zero attached hydrogens (tertiary/aromatic N) is 1. The summed E-state index contributed by atoms with van der Waals surface area (Å²) in [4.78, 5) is 26.5. The lowest BCUT2D eigenvalue weighted by Crippen LogP contribution is -2.42. The first-order valence-corrected chi connectivity index (χ1v) is 10.9. The Labute approximate surface area is 190 Å². The van der Waals surface area contributed by atoms with Crippen LogP contribution in [0.15, 0.2) is 53.4 Å². The lowest BCUT2D eigenvalue weighted by atomic mass is 10.2. The molecular formula is C22H20ClNO4S2. The molecule has 156 valence electrons. The minimum atomic E-state index is -0.760. The number of thioether (sulfide) groups is 1. The van der Waals surface area contributed by atoms with E-state index < -0.39 is 12.0 Å². The van der Waals surface area contributed by atoms with Gasteiger partial charge in [-0.2, -0.15) is 0 Å². The standard InChI is InChI=1S/C22H20ClNO4S2/c1-3-27-21(26)14(2)24-20(25)19(30-22(24)29)12-15-8-10-17(11-9-15)28-13-16-6-4-5-7-18(16)23/h4-12,14H,3,13H2,1-2H3/b19-12-. The van der Waals surface area contributed by atoms with Crippen molar-refractivity contribution >= 4 is 57.9 Å². The van der Waals surface area contributed by atoms with Gasteiger partial charge in [0.05, 0.1) is 11.5 Å². The Balaban J connectivity index is 1.67. The predicted octanol–water partition coefficient (Wildman–Crippen LogP) is 5.07. The number of halogens is 1. The van der Waals surface area contributed by atoms with Crippen molar-refractivity contribution in [1.29, 1.82) is 0 Å². The number of hydrogen-bond acceptors (Lipinski definition) is 6. The zero-order chi connectivity index (χ0) is 21.7. The SMILES string of the molecule is CCOC(=O)C(C)N1C(=O)/C(=C/c2ccc(OCc3ccccc3Cl)cc2)SC1=S. The molecule has 1 amide bonds. The van der Waals surface area contributed by atoms with E-state index >= 15 is 0 Å². The minimum absolute atomic E-state index is 0.249. The van der Waals surface area contributed by atoms with Gasteiger partial charge in [-0.05, 0) is 43.7 Å². The third-order valence-corrected chi connectivity index (χ3v) is 6.07. The fourth-order valence-electron chi connectivity index (χ4n) is 2.77. The van der Waals surface area contributed by atoms with Crippen molar-refractivity contribution in [1.82, 2.24) is 4.90 Å². The van der Waals surface area contributed by atoms with Crippen LogP contribution in [0, 0.1) is 0 Å². The summed E-state index contributed by atoms with van der Waals surface area (Å²) in [6.07, 6.45) is 1.75. The smallest absolute Gasteiger partial charge is 0.329 e. The number of carbonyl (C=O) groups is 2. The summed E-state index contributed by atoms with van der Waals surface area (Å²) in [6.45, 7) is 3.94. The fraction of sp³-hybridized carbons (Fsp3) is 0.227. The molecule has 0 radical (unpaired) electrons. The topological polar surface area (TPSA) is 55.8 Å². The molecule has 1 aliphatic heterocycles. The van der Waals surface area contributed by atoms with Crippen LogP contribution in [0.5, 0.6) is 5.75 Å². The van der Waals surface area contributed by atoms with Crippen molar-refractivity contribution in [2.75, 3.05) is 6.61 Å². The van der Waals surface area contributed by atoms with Crippen molar-refractivity contribution in [3.8, 4) is 5.75 Å². The zero-order valence-electron chi connectivity index (χ0n) is 16.5. The van der Waals surface area contributed by atoms with Gasteiger partial charge in [0.1, 0.15) is 22.7 Å². The Hall–Kier alpha value is -2.35. The van der Waals surface area contributed by atoms with E-state index in [-0.39, 0.29) is 12.5 Å². The summed E-state index contributed by atoms with van der Waals surface area (Å²) in [7, 11) is 0. The Bertz CT molecular complexity index is 991. The van der Waals surface area contributed by atoms with E-state index in [2.05, 4.69) is 0 Å². The molecule has 2 aromatic carbocycles. The van der Waals surface area contributed by atoms with Gasteiger partial charge in [0.15, 0.2) is 0 Å². The van der Waals surface area contributed by atoms with Crippen LogP contribution in [0.1, 0.15) is 25.0 Å². The van der Waals surface area contributed by atoms with E-state index in [4.69, 9.17) is 33.3 Å². The average molecular weight is 462 g/mol. The highest BCUT2D eigenvalue weighted by Gasteiger charge is 2.38. The predicted molar refractivity (Wildman–Crippen MR) is 123 cm³/mol. The largest absolute Gasteiger partial charge is 0.489 e. The second kappa shape index (κ2) is 10.1. The van der Waals surface area contributed by atoms with Crippen LogP contribution in [-0.4, -0.2) is 33.7 Å². The third kappa shape index (κ3) is 5.22. The fourth-order valence-corrected chi connectivity index (χ4v) is 4.38. The molecule has 0 bridgehead atoms. The van der Waals surface area contributed by atoms with E-state index in [1.54, 1.807) is 19.9 Å². The minimum Gasteiger partial charge on any atom is -0.489 e. The summed E-state index contributed by atoms with van der Waals surface area (Å²) >= 11 is 12.6. The van der Waals surface area contributed by atoms with Crippen LogP contribution >= 0.6 is 35.6 Å². The van der Waals surface area contributed by atoms with E-state index in [0.29, 0.717) is 26.6 Å². The van der Waals surface area contributed by atoms with Gasteiger partial charge >= 0.3 is 5.97 Å². The van der Waals surface area contributed by atoms with Crippen LogP contribution in [0.4, 0.5) is 0 Å². The van der Waals surface area contributed by atoms with Gasteiger partial charge in [0, 0.05) is 10.6 Å². The lowest BCUT2D eigenvalue weighted by molar-refractivity contribution is -0.149. The molecule has 0 N–H and O–H groups in total. The maximum Gasteiger partial charge on any atom is 0.329 e. The maximum absolute atomic E-state index is 12.7. The lowest BCUT2D eigenvalue weighted by Gasteiger charge is -2.21. The molecular weight excluding hydrogens is 442 g/mol. The second-order valence-corrected chi connectivity index (χ2v) is 8.51. The first-order chi connectivity index (χ1) is 14.4. The molecule has 1 unspecified atom stereocenters. The maximum atomic E-state index is 12.7. The second-order valence-electron chi connectivity index (χ2n) is 6.43. The number of ether oxygens (including phenoxy) is 2. The Kier molecular flexibility index (Phi) is 7.53. The number of amides is 1. The van der Waals surface area contributed by atoms with Gasteiger partial charge in [-0.25, -0.2) is 4.79 Å². The molecule has 0 aliphatic carbocycles. The van der Waals surface area contributed by atoms with Gasteiger partial charge in [0.25, 0.3) is 5.91 Å². The van der Waals surface area contributed by atoms with Crippen LogP contribution < -0.4 is 4.74 Å². The highest BCUT2D eigenvalue weighted by atomic mass is 35.5. The molecule has 0 saturated carbocycles. The van der Waals surface area contributed by atoms with Crippen LogP contribution in [-0.2, 0) is 20.9 Å². The third-order valence-electron chi connectivity index (χ3n) is 4.37. The molecule has 0 spiro atoms. The van der Waals surface area contributed by atoms with E-state index in [1.165, 1.54) is 16.7 Å². The molecule has 5 nitrogen and oxygen atoms in total. The van der Waals surface area contributed by atoms with Crippen molar-refractivity contribution in [3.05, 3.63) is 69.6 Å². The van der Waals surface area contributed by atoms with Crippen LogP contribution in [0.3, 0.4) is 0 Å². The zero-order valence-corrected chi connectivity index (χ0v) is 18.9. The van der Waals surface area contributed by atoms with Gasteiger partial charge < -0.3 is 9.47 Å². The summed E-state index contributed by atoms with van der Waals surface area (Å²) in [5, 5.41) is 0.660. The Morgan fingerprint density at radius 3 is 2.60 bits per heavy atom. The number of rotatable bonds is 7. The highest BCUT2D eigenvalue weighted by molar-refractivity contribution is 8.26. The molecule has 1 aliphatic rings. The van der Waals surface area contributed by atoms with Crippen molar-refractivity contribution in [2.45, 2.75) is 26.5 Å². The Morgan fingerprint density at radius 1 is 1.23 bits per heavy atom. The van der Waals surface area contributed by atoms with E-state index in [1.807, 2.05) is 48.5 Å². The molecule has 1 saturated heterocycles. The quantitative estimate of drug-likeness (QED) is 0.326. The van der Waals surface area contributed by atoms with Gasteiger partial charge in [-0.3, -0.25) is 9.69 Å². The number of thiocarbonyl (C=S) groups is 1. The van der Waals surface area contributed by atoms with Crippen molar-refractivity contribution < 1.29 is 19.1 Å². The summed E-state index contributed by atoms with van der Waals surface area (Å²) in [5.74, 6) is -0.0878. The number of benzene rings is 2. The summed E-state index contributed by atoms with van der Waals surface area (Å²) in [6, 6.07) is 14.1. The highest BCUT2D eigenvalue weighted by Crippen LogP contribution is 2.34. The first-order valence-electron chi connectivity index (χ1n) is 9.30. The molecule has 1 fully saturated rings. The van der Waals surface area contributed by atoms with Crippen LogP contribution in [0.2, 0.25) is 5.02 Å². The molecule has 2 aromatic rings. The molecule has 30 heavy (non-hydrogen) atoms. The number of hydrogen-bond donors (Lipinski definition) is 0. The Morgan fingerprint density at radius 2 is 1.93 bits per heavy atom. The monoisotopic (exact) mass is 461 g/mol. The first kappa shape index (κ1) is 22.3. The molecule has 8 heteroatoms. The summed E-state index contributed by atoms with van der Waals surface area (Å²) < 4.78 is 11.1. The van der Waals surface area contributed by atoms with Crippen LogP contribution in [0.25, 0.3) is 6.08 Å². The van der Waals surface area contributed by atoms with Gasteiger partial charge in [-0.1, -0.05) is 65.9 Å². The van der Waals surface area contributed by atoms with Gasteiger partial charge in [-0.15, -0.1) is 0 Å². The normalized spacial score (nSPS) is 16.1. The summed E-state index contributed by atoms with van der Waals surface area (Å²) in [5.41, 5.74) is 1.73. The van der Waals surface area contributed by atoms with E-state index in [9.17, 15) is 9.59 Å².